The fraction of sp³-hybridized carbons (Fsp3) is 0.269. The summed E-state index contributed by atoms with van der Waals surface area (Å²) in [6, 6.07) is 21.9. The lowest BCUT2D eigenvalue weighted by atomic mass is 10.1. The van der Waals surface area contributed by atoms with Crippen LogP contribution in [0.25, 0.3) is 0 Å². The van der Waals surface area contributed by atoms with Crippen LogP contribution in [0.4, 0.5) is 5.69 Å². The van der Waals surface area contributed by atoms with E-state index in [1.54, 1.807) is 42.5 Å². The number of benzene rings is 3. The zero-order chi connectivity index (χ0) is 24.6. The molecule has 8 heteroatoms. The Labute approximate surface area is 201 Å². The second kappa shape index (κ2) is 11.6. The van der Waals surface area contributed by atoms with Crippen molar-refractivity contribution >= 4 is 21.6 Å². The van der Waals surface area contributed by atoms with Crippen LogP contribution in [0, 0.1) is 0 Å². The van der Waals surface area contributed by atoms with Gasteiger partial charge in [-0.3, -0.25) is 9.10 Å². The van der Waals surface area contributed by atoms with Crippen molar-refractivity contribution in [2.45, 2.75) is 31.7 Å². The van der Waals surface area contributed by atoms with Crippen LogP contribution in [0.1, 0.15) is 32.4 Å². The molecule has 0 aliphatic rings. The van der Waals surface area contributed by atoms with Crippen molar-refractivity contribution in [1.29, 1.82) is 0 Å². The maximum atomic E-state index is 13.6. The smallest absolute Gasteiger partial charge is 0.264 e. The van der Waals surface area contributed by atoms with Gasteiger partial charge in [-0.1, -0.05) is 42.5 Å². The average Bonchev–Trinajstić information content (AvgIpc) is 2.84. The van der Waals surface area contributed by atoms with E-state index in [0.717, 1.165) is 15.6 Å². The molecule has 1 N–H and O–H groups in total. The van der Waals surface area contributed by atoms with Gasteiger partial charge < -0.3 is 14.8 Å². The molecule has 0 aliphatic heterocycles. The summed E-state index contributed by atoms with van der Waals surface area (Å²) in [7, 11) is -4.03. The zero-order valence-corrected chi connectivity index (χ0v) is 20.4. The van der Waals surface area contributed by atoms with Crippen molar-refractivity contribution < 1.29 is 22.7 Å². The highest BCUT2D eigenvalue weighted by molar-refractivity contribution is 7.92. The van der Waals surface area contributed by atoms with Gasteiger partial charge in [-0.05, 0) is 62.7 Å². The van der Waals surface area contributed by atoms with E-state index in [2.05, 4.69) is 5.32 Å². The summed E-state index contributed by atoms with van der Waals surface area (Å²) in [5.74, 6) is 0.696. The van der Waals surface area contributed by atoms with Crippen molar-refractivity contribution in [3.05, 3.63) is 84.4 Å². The molecule has 0 fully saturated rings. The lowest BCUT2D eigenvalue weighted by Crippen LogP contribution is -2.41. The molecule has 0 saturated carbocycles. The minimum absolute atomic E-state index is 0.0914. The summed E-state index contributed by atoms with van der Waals surface area (Å²) < 4.78 is 39.3. The van der Waals surface area contributed by atoms with Crippen molar-refractivity contribution in [2.24, 2.45) is 0 Å². The van der Waals surface area contributed by atoms with Crippen LogP contribution >= 0.6 is 0 Å². The maximum Gasteiger partial charge on any atom is 0.264 e. The van der Waals surface area contributed by atoms with Crippen LogP contribution in [0.2, 0.25) is 0 Å². The van der Waals surface area contributed by atoms with Gasteiger partial charge in [0.15, 0.2) is 0 Å². The highest BCUT2D eigenvalue weighted by Crippen LogP contribution is 2.32. The minimum atomic E-state index is -4.03. The standard InChI is InChI=1S/C26H30N2O5S/c1-4-32-22-17-15-21(16-18-22)20(3)27-26(29)19-28(24-13-9-10-14-25(24)33-5-2)34(30,31)23-11-7-6-8-12-23/h6-18,20H,4-5,19H2,1-3H3,(H,27,29)/t20-/m1/s1. The summed E-state index contributed by atoms with van der Waals surface area (Å²) in [6.07, 6.45) is 0. The molecule has 0 bridgehead atoms. The van der Waals surface area contributed by atoms with Crippen molar-refractivity contribution in [2.75, 3.05) is 24.1 Å². The molecule has 0 aromatic heterocycles. The third-order valence-corrected chi connectivity index (χ3v) is 6.89. The Morgan fingerprint density at radius 3 is 2.15 bits per heavy atom. The Morgan fingerprint density at radius 1 is 0.882 bits per heavy atom. The molecule has 180 valence electrons. The quantitative estimate of drug-likeness (QED) is 0.433. The van der Waals surface area contributed by atoms with Gasteiger partial charge in [-0.25, -0.2) is 8.42 Å². The fourth-order valence-corrected chi connectivity index (χ4v) is 4.93. The van der Waals surface area contributed by atoms with Gasteiger partial charge in [0.05, 0.1) is 29.8 Å². The van der Waals surface area contributed by atoms with E-state index in [1.165, 1.54) is 12.1 Å². The van der Waals surface area contributed by atoms with Crippen LogP contribution in [0.15, 0.2) is 83.8 Å². The van der Waals surface area contributed by atoms with E-state index >= 15 is 0 Å². The van der Waals surface area contributed by atoms with Gasteiger partial charge in [-0.15, -0.1) is 0 Å². The summed E-state index contributed by atoms with van der Waals surface area (Å²) in [6.45, 7) is 6.10. The highest BCUT2D eigenvalue weighted by atomic mass is 32.2. The lowest BCUT2D eigenvalue weighted by Gasteiger charge is -2.26. The summed E-state index contributed by atoms with van der Waals surface area (Å²) >= 11 is 0. The van der Waals surface area contributed by atoms with Gasteiger partial charge in [0, 0.05) is 0 Å². The summed E-state index contributed by atoms with van der Waals surface area (Å²) in [5.41, 5.74) is 1.18. The largest absolute Gasteiger partial charge is 0.494 e. The first-order valence-corrected chi connectivity index (χ1v) is 12.6. The first-order chi connectivity index (χ1) is 16.4. The van der Waals surface area contributed by atoms with E-state index < -0.39 is 22.5 Å². The summed E-state index contributed by atoms with van der Waals surface area (Å²) in [5, 5.41) is 2.90. The molecule has 34 heavy (non-hydrogen) atoms. The molecule has 0 heterocycles. The molecule has 7 nitrogen and oxygen atoms in total. The number of ether oxygens (including phenoxy) is 2. The van der Waals surface area contributed by atoms with Gasteiger partial charge in [0.25, 0.3) is 10.0 Å². The maximum absolute atomic E-state index is 13.6. The Hall–Kier alpha value is -3.52. The highest BCUT2D eigenvalue weighted by Gasteiger charge is 2.29. The van der Waals surface area contributed by atoms with Gasteiger partial charge in [0.2, 0.25) is 5.91 Å². The number of carbonyl (C=O) groups is 1. The monoisotopic (exact) mass is 482 g/mol. The second-order valence-corrected chi connectivity index (χ2v) is 9.38. The molecule has 1 amide bonds. The van der Waals surface area contributed by atoms with Crippen molar-refractivity contribution in [3.63, 3.8) is 0 Å². The third kappa shape index (κ3) is 6.08. The van der Waals surface area contributed by atoms with Crippen LogP contribution in [0.3, 0.4) is 0 Å². The second-order valence-electron chi connectivity index (χ2n) is 7.52. The summed E-state index contributed by atoms with van der Waals surface area (Å²) in [4.78, 5) is 13.1. The number of nitrogens with zero attached hydrogens (tertiary/aromatic N) is 1. The van der Waals surface area contributed by atoms with E-state index in [1.807, 2.05) is 45.0 Å². The van der Waals surface area contributed by atoms with E-state index in [-0.39, 0.29) is 10.9 Å². The molecule has 3 aromatic carbocycles. The van der Waals surface area contributed by atoms with E-state index in [0.29, 0.717) is 24.7 Å². The first-order valence-electron chi connectivity index (χ1n) is 11.2. The molecule has 0 aliphatic carbocycles. The van der Waals surface area contributed by atoms with Gasteiger partial charge in [0.1, 0.15) is 18.0 Å². The van der Waals surface area contributed by atoms with Crippen molar-refractivity contribution in [3.8, 4) is 11.5 Å². The zero-order valence-electron chi connectivity index (χ0n) is 19.6. The topological polar surface area (TPSA) is 84.9 Å². The Balaban J connectivity index is 1.88. The first kappa shape index (κ1) is 25.1. The Kier molecular flexibility index (Phi) is 8.54. The molecule has 0 spiro atoms. The molecule has 1 atom stereocenters. The normalized spacial score (nSPS) is 12.0. The number of amides is 1. The van der Waals surface area contributed by atoms with E-state index in [9.17, 15) is 13.2 Å². The molecule has 0 saturated heterocycles. The molecule has 3 aromatic rings. The van der Waals surface area contributed by atoms with Gasteiger partial charge in [-0.2, -0.15) is 0 Å². The molecule has 3 rings (SSSR count). The Morgan fingerprint density at radius 2 is 1.50 bits per heavy atom. The van der Waals surface area contributed by atoms with Gasteiger partial charge >= 0.3 is 0 Å². The number of anilines is 1. The SMILES string of the molecule is CCOc1ccc([C@@H](C)NC(=O)CN(c2ccccc2OCC)S(=O)(=O)c2ccccc2)cc1. The molecular weight excluding hydrogens is 452 g/mol. The van der Waals surface area contributed by atoms with Crippen LogP contribution < -0.4 is 19.1 Å². The molecular formula is C26H30N2O5S. The number of nitrogens with one attached hydrogen (secondary N) is 1. The third-order valence-electron chi connectivity index (χ3n) is 5.12. The number of hydrogen-bond acceptors (Lipinski definition) is 5. The molecule has 0 unspecified atom stereocenters. The number of para-hydroxylation sites is 2. The fourth-order valence-electron chi connectivity index (χ4n) is 3.48. The van der Waals surface area contributed by atoms with Crippen molar-refractivity contribution in [1.82, 2.24) is 5.32 Å². The minimum Gasteiger partial charge on any atom is -0.494 e. The van der Waals surface area contributed by atoms with Crippen LogP contribution in [-0.4, -0.2) is 34.1 Å². The van der Waals surface area contributed by atoms with E-state index in [4.69, 9.17) is 9.47 Å². The number of hydrogen-bond donors (Lipinski definition) is 1. The average molecular weight is 483 g/mol. The van der Waals surface area contributed by atoms with Crippen LogP contribution in [-0.2, 0) is 14.8 Å². The molecule has 0 radical (unpaired) electrons. The number of sulfonamides is 1. The number of rotatable bonds is 11. The predicted octanol–water partition coefficient (Wildman–Crippen LogP) is 4.56. The predicted molar refractivity (Wildman–Crippen MR) is 133 cm³/mol. The lowest BCUT2D eigenvalue weighted by molar-refractivity contribution is -0.120. The van der Waals surface area contributed by atoms with Crippen LogP contribution in [0.5, 0.6) is 11.5 Å². The number of carbonyl (C=O) groups excluding carboxylic acids is 1. The Bertz CT molecular complexity index is 1180.